The molecule has 0 spiro atoms. The van der Waals surface area contributed by atoms with E-state index in [0.717, 1.165) is 70.4 Å². The second-order valence-corrected chi connectivity index (χ2v) is 12.1. The number of amides is 1. The zero-order valence-corrected chi connectivity index (χ0v) is 21.9. The molecular weight excluding hydrogens is 453 g/mol. The van der Waals surface area contributed by atoms with E-state index in [4.69, 9.17) is 11.6 Å². The van der Waals surface area contributed by atoms with Gasteiger partial charge in [0, 0.05) is 55.5 Å². The van der Waals surface area contributed by atoms with E-state index < -0.39 is 6.30 Å². The van der Waals surface area contributed by atoms with E-state index in [0.29, 0.717) is 30.1 Å². The Kier molecular flexibility index (Phi) is 9.14. The molecule has 0 bridgehead atoms. The second-order valence-electron chi connectivity index (χ2n) is 11.5. The van der Waals surface area contributed by atoms with Crippen molar-refractivity contribution in [3.05, 3.63) is 0 Å². The number of halogens is 2. The van der Waals surface area contributed by atoms with Crippen LogP contribution >= 0.6 is 11.6 Å². The SMILES string of the molecule is CC1CC(C(C)NC(=O)C2CC(CNC3=NCCC3)CC(C3CCC(F)NC3C)C2)NCC1Cl. The Balaban J connectivity index is 1.38. The Morgan fingerprint density at radius 2 is 2.06 bits per heavy atom. The van der Waals surface area contributed by atoms with Gasteiger partial charge in [0.25, 0.3) is 0 Å². The lowest BCUT2D eigenvalue weighted by atomic mass is 9.66. The lowest BCUT2D eigenvalue weighted by Crippen LogP contribution is -2.55. The van der Waals surface area contributed by atoms with Gasteiger partial charge in [-0.3, -0.25) is 15.1 Å². The van der Waals surface area contributed by atoms with Crippen LogP contribution in [0.3, 0.4) is 0 Å². The number of carbonyl (C=O) groups excluding carboxylic acids is 1. The number of aliphatic imine (C=N–C) groups is 1. The fourth-order valence-corrected chi connectivity index (χ4v) is 7.00. The minimum Gasteiger partial charge on any atom is -0.374 e. The molecule has 1 saturated carbocycles. The first-order chi connectivity index (χ1) is 16.3. The van der Waals surface area contributed by atoms with Gasteiger partial charge in [0.1, 0.15) is 0 Å². The maximum atomic E-state index is 13.9. The molecule has 4 aliphatic rings. The molecule has 6 nitrogen and oxygen atoms in total. The maximum Gasteiger partial charge on any atom is 0.223 e. The summed E-state index contributed by atoms with van der Waals surface area (Å²) >= 11 is 6.38. The lowest BCUT2D eigenvalue weighted by molar-refractivity contribution is -0.128. The molecule has 3 heterocycles. The van der Waals surface area contributed by atoms with Gasteiger partial charge in [0.05, 0.1) is 5.84 Å². The fraction of sp³-hybridized carbons (Fsp3) is 0.923. The molecule has 3 aliphatic heterocycles. The normalized spacial score (nSPS) is 42.0. The average molecular weight is 498 g/mol. The van der Waals surface area contributed by atoms with Crippen molar-refractivity contribution in [2.45, 2.75) is 102 Å². The summed E-state index contributed by atoms with van der Waals surface area (Å²) in [5.74, 6) is 3.07. The third-order valence-corrected chi connectivity index (χ3v) is 9.50. The van der Waals surface area contributed by atoms with E-state index in [-0.39, 0.29) is 35.3 Å². The Morgan fingerprint density at radius 1 is 1.24 bits per heavy atom. The molecule has 3 fully saturated rings. The van der Waals surface area contributed by atoms with Crippen molar-refractivity contribution in [3.63, 3.8) is 0 Å². The standard InChI is InChI=1S/C26H45ClFN5O/c1-15-9-23(30-14-22(15)27)17(3)33-26(34)20-11-18(13-31-25-5-4-8-29-25)10-19(12-20)21-6-7-24(28)32-16(21)2/h15-24,30,32H,4-14H2,1-3H3,(H,29,31)(H,33,34). The number of rotatable bonds is 6. The van der Waals surface area contributed by atoms with Gasteiger partial charge in [-0.1, -0.05) is 6.92 Å². The first-order valence-electron chi connectivity index (χ1n) is 13.6. The molecule has 10 unspecified atom stereocenters. The monoisotopic (exact) mass is 497 g/mol. The number of amidine groups is 1. The highest BCUT2D eigenvalue weighted by Gasteiger charge is 2.41. The Morgan fingerprint density at radius 3 is 2.76 bits per heavy atom. The highest BCUT2D eigenvalue weighted by molar-refractivity contribution is 6.21. The van der Waals surface area contributed by atoms with Crippen LogP contribution in [0.25, 0.3) is 0 Å². The molecule has 194 valence electrons. The Bertz CT molecular complexity index is 723. The molecular formula is C26H45ClFN5O. The largest absolute Gasteiger partial charge is 0.374 e. The smallest absolute Gasteiger partial charge is 0.223 e. The summed E-state index contributed by atoms with van der Waals surface area (Å²) in [6.07, 6.45) is 6.65. The van der Waals surface area contributed by atoms with Gasteiger partial charge in [-0.25, -0.2) is 4.39 Å². The first-order valence-corrected chi connectivity index (χ1v) is 14.1. The molecule has 34 heavy (non-hydrogen) atoms. The van der Waals surface area contributed by atoms with Gasteiger partial charge in [-0.05, 0) is 82.5 Å². The number of alkyl halides is 2. The van der Waals surface area contributed by atoms with Crippen molar-refractivity contribution in [2.75, 3.05) is 19.6 Å². The number of nitrogens with one attached hydrogen (secondary N) is 4. The molecule has 1 amide bonds. The van der Waals surface area contributed by atoms with E-state index in [1.54, 1.807) is 0 Å². The van der Waals surface area contributed by atoms with E-state index in [1.807, 2.05) is 0 Å². The van der Waals surface area contributed by atoms with Gasteiger partial charge < -0.3 is 16.0 Å². The molecule has 2 saturated heterocycles. The molecule has 1 aliphatic carbocycles. The molecule has 0 aromatic rings. The minimum absolute atomic E-state index is 0.00982. The highest BCUT2D eigenvalue weighted by atomic mass is 35.5. The number of nitrogens with zero attached hydrogens (tertiary/aromatic N) is 1. The third-order valence-electron chi connectivity index (χ3n) is 8.92. The summed E-state index contributed by atoms with van der Waals surface area (Å²) in [5, 5.41) is 13.7. The molecule has 4 rings (SSSR count). The van der Waals surface area contributed by atoms with E-state index in [2.05, 4.69) is 47.0 Å². The minimum atomic E-state index is -0.898. The zero-order chi connectivity index (χ0) is 24.2. The van der Waals surface area contributed by atoms with Crippen LogP contribution in [0.1, 0.15) is 72.1 Å². The Hall–Kier alpha value is -0.920. The first kappa shape index (κ1) is 26.2. The summed E-state index contributed by atoms with van der Waals surface area (Å²) < 4.78 is 13.9. The van der Waals surface area contributed by atoms with Crippen molar-refractivity contribution >= 4 is 23.3 Å². The number of hydrogen-bond acceptors (Lipinski definition) is 5. The lowest BCUT2D eigenvalue weighted by Gasteiger charge is -2.43. The van der Waals surface area contributed by atoms with Crippen molar-refractivity contribution in [3.8, 4) is 0 Å². The summed E-state index contributed by atoms with van der Waals surface area (Å²) in [5.41, 5.74) is 0. The van der Waals surface area contributed by atoms with E-state index in [9.17, 15) is 9.18 Å². The van der Waals surface area contributed by atoms with Gasteiger partial charge in [0.15, 0.2) is 6.30 Å². The van der Waals surface area contributed by atoms with Crippen LogP contribution in [0.2, 0.25) is 0 Å². The summed E-state index contributed by atoms with van der Waals surface area (Å²) in [6, 6.07) is 0.487. The molecule has 4 N–H and O–H groups in total. The van der Waals surface area contributed by atoms with Crippen LogP contribution < -0.4 is 21.3 Å². The van der Waals surface area contributed by atoms with Crippen molar-refractivity contribution in [1.82, 2.24) is 21.3 Å². The molecule has 0 aromatic heterocycles. The van der Waals surface area contributed by atoms with Gasteiger partial charge in [0.2, 0.25) is 5.91 Å². The summed E-state index contributed by atoms with van der Waals surface area (Å²) in [4.78, 5) is 18.0. The van der Waals surface area contributed by atoms with Crippen molar-refractivity contribution in [1.29, 1.82) is 0 Å². The molecule has 8 heteroatoms. The quantitative estimate of drug-likeness (QED) is 0.334. The maximum absolute atomic E-state index is 13.9. The zero-order valence-electron chi connectivity index (χ0n) is 21.2. The number of carbonyl (C=O) groups is 1. The van der Waals surface area contributed by atoms with Crippen molar-refractivity contribution in [2.24, 2.45) is 34.6 Å². The molecule has 0 radical (unpaired) electrons. The predicted molar refractivity (Wildman–Crippen MR) is 137 cm³/mol. The van der Waals surface area contributed by atoms with Crippen LogP contribution in [-0.4, -0.2) is 61.2 Å². The van der Waals surface area contributed by atoms with Crippen LogP contribution in [0.5, 0.6) is 0 Å². The highest BCUT2D eigenvalue weighted by Crippen LogP contribution is 2.41. The Labute approximate surface area is 210 Å². The predicted octanol–water partition coefficient (Wildman–Crippen LogP) is 3.59. The average Bonchev–Trinajstić information content (AvgIpc) is 3.33. The van der Waals surface area contributed by atoms with Gasteiger partial charge >= 0.3 is 0 Å². The second kappa shape index (κ2) is 11.9. The van der Waals surface area contributed by atoms with Crippen LogP contribution in [-0.2, 0) is 4.79 Å². The van der Waals surface area contributed by atoms with Crippen LogP contribution in [0, 0.1) is 29.6 Å². The van der Waals surface area contributed by atoms with E-state index in [1.165, 1.54) is 0 Å². The molecule has 0 aromatic carbocycles. The van der Waals surface area contributed by atoms with Crippen LogP contribution in [0.4, 0.5) is 4.39 Å². The summed E-state index contributed by atoms with van der Waals surface area (Å²) in [7, 11) is 0. The molecule has 10 atom stereocenters. The van der Waals surface area contributed by atoms with Crippen LogP contribution in [0.15, 0.2) is 4.99 Å². The fourth-order valence-electron chi connectivity index (χ4n) is 6.81. The van der Waals surface area contributed by atoms with Crippen molar-refractivity contribution < 1.29 is 9.18 Å². The number of hydrogen-bond donors (Lipinski definition) is 4. The van der Waals surface area contributed by atoms with E-state index >= 15 is 0 Å². The summed E-state index contributed by atoms with van der Waals surface area (Å²) in [6.45, 7) is 9.02. The van der Waals surface area contributed by atoms with Gasteiger partial charge in [-0.2, -0.15) is 0 Å². The third kappa shape index (κ3) is 6.64. The number of piperidine rings is 2. The van der Waals surface area contributed by atoms with Gasteiger partial charge in [-0.15, -0.1) is 11.6 Å². The topological polar surface area (TPSA) is 77.5 Å².